The van der Waals surface area contributed by atoms with Crippen molar-refractivity contribution in [3.8, 4) is 5.75 Å². The van der Waals surface area contributed by atoms with Gasteiger partial charge in [-0.15, -0.1) is 0 Å². The maximum atomic E-state index is 12.4. The molecule has 26 heavy (non-hydrogen) atoms. The molecular formula is C19H16N2O5. The SMILES string of the molecule is COc1ccc2oc(C(=O)Nc3ccc(NC(C)=O)cc3)cc(=O)c2c1. The van der Waals surface area contributed by atoms with Gasteiger partial charge in [0.05, 0.1) is 12.5 Å². The number of hydrogen-bond acceptors (Lipinski definition) is 5. The summed E-state index contributed by atoms with van der Waals surface area (Å²) < 4.78 is 10.6. The fraction of sp³-hybridized carbons (Fsp3) is 0.105. The molecule has 2 aromatic carbocycles. The van der Waals surface area contributed by atoms with Crippen molar-refractivity contribution in [2.45, 2.75) is 6.92 Å². The van der Waals surface area contributed by atoms with Gasteiger partial charge in [-0.2, -0.15) is 0 Å². The fourth-order valence-electron chi connectivity index (χ4n) is 2.41. The van der Waals surface area contributed by atoms with Crippen molar-refractivity contribution < 1.29 is 18.7 Å². The summed E-state index contributed by atoms with van der Waals surface area (Å²) in [5.41, 5.74) is 1.07. The average molecular weight is 352 g/mol. The van der Waals surface area contributed by atoms with E-state index >= 15 is 0 Å². The Morgan fingerprint density at radius 1 is 0.962 bits per heavy atom. The lowest BCUT2D eigenvalue weighted by Crippen LogP contribution is -2.15. The molecule has 0 aliphatic heterocycles. The first-order chi connectivity index (χ1) is 12.5. The van der Waals surface area contributed by atoms with Crippen LogP contribution in [0, 0.1) is 0 Å². The monoisotopic (exact) mass is 352 g/mol. The number of ether oxygens (including phenoxy) is 1. The summed E-state index contributed by atoms with van der Waals surface area (Å²) in [5, 5.41) is 5.61. The quantitative estimate of drug-likeness (QED) is 0.752. The molecule has 7 nitrogen and oxygen atoms in total. The molecule has 7 heteroatoms. The van der Waals surface area contributed by atoms with Gasteiger partial charge in [-0.25, -0.2) is 0 Å². The lowest BCUT2D eigenvalue weighted by atomic mass is 10.2. The van der Waals surface area contributed by atoms with Gasteiger partial charge in [-0.1, -0.05) is 0 Å². The number of carbonyl (C=O) groups is 2. The molecule has 0 unspecified atom stereocenters. The second-order valence-electron chi connectivity index (χ2n) is 5.55. The Labute approximate surface area is 148 Å². The molecule has 0 aliphatic carbocycles. The molecule has 1 heterocycles. The van der Waals surface area contributed by atoms with Crippen LogP contribution in [0.15, 0.2) is 57.7 Å². The fourth-order valence-corrected chi connectivity index (χ4v) is 2.41. The normalized spacial score (nSPS) is 10.4. The van der Waals surface area contributed by atoms with E-state index < -0.39 is 5.91 Å². The maximum absolute atomic E-state index is 12.4. The molecule has 1 aromatic heterocycles. The Morgan fingerprint density at radius 3 is 2.23 bits per heavy atom. The molecule has 2 amide bonds. The summed E-state index contributed by atoms with van der Waals surface area (Å²) in [6.45, 7) is 1.41. The predicted octanol–water partition coefficient (Wildman–Crippen LogP) is 3.01. The van der Waals surface area contributed by atoms with Crippen LogP contribution in [0.2, 0.25) is 0 Å². The van der Waals surface area contributed by atoms with Crippen LogP contribution < -0.4 is 20.8 Å². The maximum Gasteiger partial charge on any atom is 0.291 e. The first kappa shape index (κ1) is 17.2. The Bertz CT molecular complexity index is 1040. The third kappa shape index (κ3) is 3.72. The van der Waals surface area contributed by atoms with Gasteiger partial charge in [0.2, 0.25) is 5.91 Å². The number of rotatable bonds is 4. The van der Waals surface area contributed by atoms with E-state index in [9.17, 15) is 14.4 Å². The van der Waals surface area contributed by atoms with E-state index in [0.717, 1.165) is 6.07 Å². The van der Waals surface area contributed by atoms with E-state index in [1.165, 1.54) is 14.0 Å². The smallest absolute Gasteiger partial charge is 0.291 e. The summed E-state index contributed by atoms with van der Waals surface area (Å²) in [7, 11) is 1.50. The lowest BCUT2D eigenvalue weighted by molar-refractivity contribution is -0.114. The van der Waals surface area contributed by atoms with Gasteiger partial charge in [-0.05, 0) is 42.5 Å². The largest absolute Gasteiger partial charge is 0.497 e. The third-order valence-corrected chi connectivity index (χ3v) is 3.62. The highest BCUT2D eigenvalue weighted by Gasteiger charge is 2.13. The van der Waals surface area contributed by atoms with Crippen molar-refractivity contribution in [2.75, 3.05) is 17.7 Å². The molecule has 3 rings (SSSR count). The van der Waals surface area contributed by atoms with Crippen LogP contribution in [0.3, 0.4) is 0 Å². The number of hydrogen-bond donors (Lipinski definition) is 2. The van der Waals surface area contributed by atoms with Gasteiger partial charge in [0, 0.05) is 24.4 Å². The number of amides is 2. The molecule has 3 aromatic rings. The third-order valence-electron chi connectivity index (χ3n) is 3.62. The second-order valence-corrected chi connectivity index (χ2v) is 5.55. The van der Waals surface area contributed by atoms with Crippen LogP contribution in [0.1, 0.15) is 17.5 Å². The number of anilines is 2. The average Bonchev–Trinajstić information content (AvgIpc) is 2.62. The molecule has 0 aliphatic rings. The van der Waals surface area contributed by atoms with E-state index in [-0.39, 0.29) is 17.1 Å². The van der Waals surface area contributed by atoms with E-state index in [0.29, 0.717) is 28.1 Å². The van der Waals surface area contributed by atoms with E-state index in [2.05, 4.69) is 10.6 Å². The second kappa shape index (κ2) is 7.10. The molecule has 0 bridgehead atoms. The molecular weight excluding hydrogens is 336 g/mol. The van der Waals surface area contributed by atoms with Crippen LogP contribution in [-0.4, -0.2) is 18.9 Å². The van der Waals surface area contributed by atoms with Gasteiger partial charge in [0.25, 0.3) is 5.91 Å². The Morgan fingerprint density at radius 2 is 1.62 bits per heavy atom. The van der Waals surface area contributed by atoms with Crippen molar-refractivity contribution in [3.63, 3.8) is 0 Å². The molecule has 0 radical (unpaired) electrons. The Balaban J connectivity index is 1.83. The minimum atomic E-state index is -0.549. The number of nitrogens with one attached hydrogen (secondary N) is 2. The molecule has 0 atom stereocenters. The topological polar surface area (TPSA) is 97.6 Å². The summed E-state index contributed by atoms with van der Waals surface area (Å²) in [6.07, 6.45) is 0. The minimum Gasteiger partial charge on any atom is -0.497 e. The summed E-state index contributed by atoms with van der Waals surface area (Å²) >= 11 is 0. The zero-order valence-corrected chi connectivity index (χ0v) is 14.2. The first-order valence-corrected chi connectivity index (χ1v) is 7.77. The number of benzene rings is 2. The standard InChI is InChI=1S/C19H16N2O5/c1-11(22)20-12-3-5-13(6-4-12)21-19(24)18-10-16(23)15-9-14(25-2)7-8-17(15)26-18/h3-10H,1-2H3,(H,20,22)(H,21,24). The number of carbonyl (C=O) groups excluding carboxylic acids is 2. The van der Waals surface area contributed by atoms with Crippen molar-refractivity contribution in [1.82, 2.24) is 0 Å². The van der Waals surface area contributed by atoms with Gasteiger partial charge in [-0.3, -0.25) is 14.4 Å². The van der Waals surface area contributed by atoms with Crippen molar-refractivity contribution in [1.29, 1.82) is 0 Å². The molecule has 0 saturated carbocycles. The highest BCUT2D eigenvalue weighted by atomic mass is 16.5. The Kier molecular flexibility index (Phi) is 4.70. The molecule has 132 valence electrons. The predicted molar refractivity (Wildman–Crippen MR) is 97.7 cm³/mol. The van der Waals surface area contributed by atoms with Gasteiger partial charge in [0.15, 0.2) is 11.2 Å². The zero-order chi connectivity index (χ0) is 18.7. The molecule has 0 spiro atoms. The molecule has 0 saturated heterocycles. The highest BCUT2D eigenvalue weighted by molar-refractivity contribution is 6.03. The van der Waals surface area contributed by atoms with Crippen LogP contribution in [0.5, 0.6) is 5.75 Å². The van der Waals surface area contributed by atoms with Gasteiger partial charge in [0.1, 0.15) is 11.3 Å². The van der Waals surface area contributed by atoms with Crippen LogP contribution in [0.4, 0.5) is 11.4 Å². The number of methoxy groups -OCH3 is 1. The number of fused-ring (bicyclic) bond motifs is 1. The van der Waals surface area contributed by atoms with E-state index in [1.54, 1.807) is 42.5 Å². The van der Waals surface area contributed by atoms with Crippen molar-refractivity contribution >= 4 is 34.2 Å². The first-order valence-electron chi connectivity index (χ1n) is 7.77. The van der Waals surface area contributed by atoms with E-state index in [1.807, 2.05) is 0 Å². The van der Waals surface area contributed by atoms with Crippen molar-refractivity contribution in [3.05, 3.63) is 64.5 Å². The van der Waals surface area contributed by atoms with Crippen molar-refractivity contribution in [2.24, 2.45) is 0 Å². The van der Waals surface area contributed by atoms with E-state index in [4.69, 9.17) is 9.15 Å². The Hall–Kier alpha value is -3.61. The van der Waals surface area contributed by atoms with Crippen LogP contribution in [-0.2, 0) is 4.79 Å². The summed E-state index contributed by atoms with van der Waals surface area (Å²) in [5.74, 6) is -0.302. The highest BCUT2D eigenvalue weighted by Crippen LogP contribution is 2.20. The zero-order valence-electron chi connectivity index (χ0n) is 14.2. The van der Waals surface area contributed by atoms with Gasteiger partial charge >= 0.3 is 0 Å². The minimum absolute atomic E-state index is 0.0985. The van der Waals surface area contributed by atoms with Gasteiger partial charge < -0.3 is 19.8 Å². The van der Waals surface area contributed by atoms with Crippen LogP contribution in [0.25, 0.3) is 11.0 Å². The molecule has 2 N–H and O–H groups in total. The summed E-state index contributed by atoms with van der Waals surface area (Å²) in [4.78, 5) is 35.6. The molecule has 0 fully saturated rings. The van der Waals surface area contributed by atoms with Crippen LogP contribution >= 0.6 is 0 Å². The summed E-state index contributed by atoms with van der Waals surface area (Å²) in [6, 6.07) is 12.5. The lowest BCUT2D eigenvalue weighted by Gasteiger charge is -2.07.